The van der Waals surface area contributed by atoms with Crippen molar-refractivity contribution < 1.29 is 17.6 Å². The average Bonchev–Trinajstić information content (AvgIpc) is 3.12. The third-order valence-corrected chi connectivity index (χ3v) is 5.38. The van der Waals surface area contributed by atoms with Crippen molar-refractivity contribution in [3.05, 3.63) is 54.0 Å². The highest BCUT2D eigenvalue weighted by Crippen LogP contribution is 2.12. The molecule has 0 bridgehead atoms. The molecule has 2 N–H and O–H groups in total. The van der Waals surface area contributed by atoms with Crippen LogP contribution in [-0.4, -0.2) is 27.4 Å². The normalized spacial score (nSPS) is 12.7. The van der Waals surface area contributed by atoms with E-state index in [2.05, 4.69) is 10.0 Å². The van der Waals surface area contributed by atoms with E-state index in [-0.39, 0.29) is 16.8 Å². The Bertz CT molecular complexity index is 768. The molecule has 0 saturated heterocycles. The van der Waals surface area contributed by atoms with Crippen molar-refractivity contribution in [2.45, 2.75) is 43.5 Å². The van der Waals surface area contributed by atoms with Crippen LogP contribution in [0.4, 0.5) is 0 Å². The van der Waals surface area contributed by atoms with Crippen LogP contribution in [0.5, 0.6) is 0 Å². The molecule has 1 heterocycles. The maximum absolute atomic E-state index is 12.0. The van der Waals surface area contributed by atoms with Crippen molar-refractivity contribution in [2.75, 3.05) is 7.05 Å². The van der Waals surface area contributed by atoms with E-state index in [1.165, 1.54) is 7.05 Å². The van der Waals surface area contributed by atoms with Crippen molar-refractivity contribution in [3.8, 4) is 0 Å². The van der Waals surface area contributed by atoms with Crippen molar-refractivity contribution >= 4 is 15.9 Å². The molecule has 0 aliphatic heterocycles. The smallest absolute Gasteiger partial charge is 0.240 e. The van der Waals surface area contributed by atoms with Crippen LogP contribution in [0.15, 0.2) is 52.0 Å². The lowest BCUT2D eigenvalue weighted by atomic mass is 10.1. The molecule has 0 unspecified atom stereocenters. The van der Waals surface area contributed by atoms with Crippen LogP contribution in [0.1, 0.15) is 31.1 Å². The monoisotopic (exact) mass is 364 g/mol. The lowest BCUT2D eigenvalue weighted by molar-refractivity contribution is -0.121. The van der Waals surface area contributed by atoms with Gasteiger partial charge in [-0.05, 0) is 56.6 Å². The van der Waals surface area contributed by atoms with E-state index in [0.29, 0.717) is 12.8 Å². The quantitative estimate of drug-likeness (QED) is 0.714. The number of nitrogens with one attached hydrogen (secondary N) is 2. The van der Waals surface area contributed by atoms with Crippen LogP contribution in [0.2, 0.25) is 0 Å². The molecule has 1 atom stereocenters. The molecule has 6 nitrogen and oxygen atoms in total. The molecule has 0 aliphatic carbocycles. The van der Waals surface area contributed by atoms with Gasteiger partial charge in [-0.25, -0.2) is 13.1 Å². The third kappa shape index (κ3) is 6.03. The molecule has 1 amide bonds. The Kier molecular flexibility index (Phi) is 6.78. The lowest BCUT2D eigenvalue weighted by Gasteiger charge is -2.13. The van der Waals surface area contributed by atoms with Gasteiger partial charge in [-0.15, -0.1) is 0 Å². The van der Waals surface area contributed by atoms with Gasteiger partial charge in [0.05, 0.1) is 11.2 Å². The summed E-state index contributed by atoms with van der Waals surface area (Å²) in [4.78, 5) is 12.2. The van der Waals surface area contributed by atoms with E-state index in [4.69, 9.17) is 4.42 Å². The number of aryl methyl sites for hydroxylation is 2. The summed E-state index contributed by atoms with van der Waals surface area (Å²) >= 11 is 0. The van der Waals surface area contributed by atoms with Gasteiger partial charge in [-0.3, -0.25) is 4.79 Å². The summed E-state index contributed by atoms with van der Waals surface area (Å²) in [5, 5.41) is 2.97. The Morgan fingerprint density at radius 1 is 1.16 bits per heavy atom. The number of hydrogen-bond acceptors (Lipinski definition) is 4. The van der Waals surface area contributed by atoms with Gasteiger partial charge in [-0.1, -0.05) is 12.1 Å². The fourth-order valence-electron chi connectivity index (χ4n) is 2.44. The molecule has 0 radical (unpaired) electrons. The summed E-state index contributed by atoms with van der Waals surface area (Å²) in [5.41, 5.74) is 0.924. The van der Waals surface area contributed by atoms with Crippen LogP contribution in [0, 0.1) is 0 Å². The van der Waals surface area contributed by atoms with Gasteiger partial charge >= 0.3 is 0 Å². The van der Waals surface area contributed by atoms with E-state index in [0.717, 1.165) is 24.2 Å². The van der Waals surface area contributed by atoms with Crippen molar-refractivity contribution in [3.63, 3.8) is 0 Å². The predicted octanol–water partition coefficient (Wildman–Crippen LogP) is 2.26. The van der Waals surface area contributed by atoms with Crippen molar-refractivity contribution in [1.82, 2.24) is 10.0 Å². The standard InChI is InChI=1S/C18H24N2O4S/c1-14(5-9-16-4-3-13-24-16)20-18(21)12-8-15-6-10-17(11-7-15)25(22,23)19-2/h3-4,6-7,10-11,13-14,19H,5,8-9,12H2,1-2H3,(H,20,21)/t14-/m1/s1. The Labute approximate surface area is 148 Å². The number of sulfonamides is 1. The molecule has 7 heteroatoms. The Morgan fingerprint density at radius 3 is 2.48 bits per heavy atom. The number of rotatable bonds is 9. The van der Waals surface area contributed by atoms with Crippen molar-refractivity contribution in [1.29, 1.82) is 0 Å². The summed E-state index contributed by atoms with van der Waals surface area (Å²) in [6.07, 6.45) is 4.18. The maximum Gasteiger partial charge on any atom is 0.240 e. The van der Waals surface area contributed by atoms with E-state index in [9.17, 15) is 13.2 Å². The highest BCUT2D eigenvalue weighted by Gasteiger charge is 2.11. The van der Waals surface area contributed by atoms with E-state index in [1.54, 1.807) is 30.5 Å². The first kappa shape index (κ1) is 19.2. The fraction of sp³-hybridized carbons (Fsp3) is 0.389. The average molecular weight is 364 g/mol. The molecular weight excluding hydrogens is 340 g/mol. The predicted molar refractivity (Wildman–Crippen MR) is 95.6 cm³/mol. The highest BCUT2D eigenvalue weighted by atomic mass is 32.2. The molecule has 25 heavy (non-hydrogen) atoms. The summed E-state index contributed by atoms with van der Waals surface area (Å²) in [7, 11) is -2.05. The van der Waals surface area contributed by atoms with E-state index >= 15 is 0 Å². The van der Waals surface area contributed by atoms with Crippen LogP contribution < -0.4 is 10.0 Å². The second-order valence-electron chi connectivity index (χ2n) is 5.94. The van der Waals surface area contributed by atoms with E-state index in [1.807, 2.05) is 19.1 Å². The minimum atomic E-state index is -3.42. The maximum atomic E-state index is 12.0. The SMILES string of the molecule is CNS(=O)(=O)c1ccc(CCC(=O)N[C@H](C)CCc2ccco2)cc1. The van der Waals surface area contributed by atoms with Gasteiger partial charge in [0.25, 0.3) is 0 Å². The molecule has 2 rings (SSSR count). The first-order valence-electron chi connectivity index (χ1n) is 8.25. The molecule has 136 valence electrons. The van der Waals surface area contributed by atoms with Gasteiger partial charge in [0.1, 0.15) is 5.76 Å². The summed E-state index contributed by atoms with van der Waals surface area (Å²) in [6, 6.07) is 10.4. The zero-order chi connectivity index (χ0) is 18.3. The van der Waals surface area contributed by atoms with Crippen LogP contribution >= 0.6 is 0 Å². The van der Waals surface area contributed by atoms with Gasteiger partial charge in [0.2, 0.25) is 15.9 Å². The third-order valence-electron chi connectivity index (χ3n) is 3.95. The minimum Gasteiger partial charge on any atom is -0.469 e. The zero-order valence-electron chi connectivity index (χ0n) is 14.5. The van der Waals surface area contributed by atoms with Gasteiger partial charge in [-0.2, -0.15) is 0 Å². The summed E-state index contributed by atoms with van der Waals surface area (Å²) < 4.78 is 30.9. The van der Waals surface area contributed by atoms with Crippen molar-refractivity contribution in [2.24, 2.45) is 0 Å². The Balaban J connectivity index is 1.75. The topological polar surface area (TPSA) is 88.4 Å². The molecule has 0 aliphatic rings. The van der Waals surface area contributed by atoms with E-state index < -0.39 is 10.0 Å². The van der Waals surface area contributed by atoms with Crippen LogP contribution in [0.3, 0.4) is 0 Å². The molecule has 1 aromatic carbocycles. The number of hydrogen-bond donors (Lipinski definition) is 2. The number of furan rings is 1. The first-order chi connectivity index (χ1) is 11.9. The summed E-state index contributed by atoms with van der Waals surface area (Å²) in [5.74, 6) is 0.900. The summed E-state index contributed by atoms with van der Waals surface area (Å²) in [6.45, 7) is 1.97. The molecule has 1 aromatic heterocycles. The lowest BCUT2D eigenvalue weighted by Crippen LogP contribution is -2.33. The minimum absolute atomic E-state index is 0.0149. The number of carbonyl (C=O) groups is 1. The van der Waals surface area contributed by atoms with Gasteiger partial charge in [0.15, 0.2) is 0 Å². The zero-order valence-corrected chi connectivity index (χ0v) is 15.3. The van der Waals surface area contributed by atoms with Gasteiger partial charge in [0, 0.05) is 18.9 Å². The van der Waals surface area contributed by atoms with Crippen LogP contribution in [0.25, 0.3) is 0 Å². The number of benzene rings is 1. The number of carbonyl (C=O) groups excluding carboxylic acids is 1. The highest BCUT2D eigenvalue weighted by molar-refractivity contribution is 7.89. The fourth-order valence-corrected chi connectivity index (χ4v) is 3.17. The second-order valence-corrected chi connectivity index (χ2v) is 7.82. The molecule has 0 fully saturated rings. The van der Waals surface area contributed by atoms with Crippen LogP contribution in [-0.2, 0) is 27.7 Å². The molecule has 0 spiro atoms. The second kappa shape index (κ2) is 8.82. The molecule has 0 saturated carbocycles. The Hall–Kier alpha value is -2.12. The Morgan fingerprint density at radius 2 is 1.88 bits per heavy atom. The largest absolute Gasteiger partial charge is 0.469 e. The number of amides is 1. The molecule has 2 aromatic rings. The first-order valence-corrected chi connectivity index (χ1v) is 9.73. The van der Waals surface area contributed by atoms with Gasteiger partial charge < -0.3 is 9.73 Å². The molecular formula is C18H24N2O4S.